The van der Waals surface area contributed by atoms with Crippen LogP contribution < -0.4 is 9.64 Å². The van der Waals surface area contributed by atoms with Gasteiger partial charge in [-0.25, -0.2) is 9.78 Å². The fourth-order valence-corrected chi connectivity index (χ4v) is 4.63. The average molecular weight is 525 g/mol. The minimum absolute atomic E-state index is 0.0643. The molecule has 0 atom stereocenters. The van der Waals surface area contributed by atoms with Crippen molar-refractivity contribution in [2.24, 2.45) is 5.92 Å². The van der Waals surface area contributed by atoms with Crippen LogP contribution in [-0.4, -0.2) is 31.1 Å². The molecule has 1 aliphatic rings. The smallest absolute Gasteiger partial charge is 0.337 e. The third-order valence-electron chi connectivity index (χ3n) is 6.90. The van der Waals surface area contributed by atoms with Gasteiger partial charge in [0.05, 0.1) is 26.3 Å². The second-order valence-corrected chi connectivity index (χ2v) is 9.57. The van der Waals surface area contributed by atoms with E-state index in [4.69, 9.17) is 9.47 Å². The molecule has 4 aromatic rings. The lowest BCUT2D eigenvalue weighted by Crippen LogP contribution is -2.31. The predicted molar refractivity (Wildman–Crippen MR) is 156 cm³/mol. The van der Waals surface area contributed by atoms with Crippen molar-refractivity contribution in [2.45, 2.75) is 46.6 Å². The molecule has 1 heterocycles. The predicted octanol–water partition coefficient (Wildman–Crippen LogP) is 7.36. The Morgan fingerprint density at radius 2 is 1.64 bits per heavy atom. The maximum atomic E-state index is 13.4. The Morgan fingerprint density at radius 1 is 0.923 bits per heavy atom. The zero-order valence-corrected chi connectivity index (χ0v) is 23.4. The molecule has 6 nitrogen and oxygen atoms in total. The van der Waals surface area contributed by atoms with Crippen LogP contribution in [0.3, 0.4) is 0 Å². The summed E-state index contributed by atoms with van der Waals surface area (Å²) in [5.41, 5.74) is 4.78. The Balaban J connectivity index is 0.00000172. The molecule has 1 aliphatic carbocycles. The summed E-state index contributed by atoms with van der Waals surface area (Å²) in [4.78, 5) is 31.9. The minimum atomic E-state index is -0.394. The van der Waals surface area contributed by atoms with E-state index < -0.39 is 5.97 Å². The van der Waals surface area contributed by atoms with Gasteiger partial charge in [0.1, 0.15) is 11.6 Å². The third kappa shape index (κ3) is 6.45. The Kier molecular flexibility index (Phi) is 8.97. The molecule has 0 saturated heterocycles. The number of esters is 1. The van der Waals surface area contributed by atoms with E-state index in [1.807, 2.05) is 39.0 Å². The first-order chi connectivity index (χ1) is 19.0. The summed E-state index contributed by atoms with van der Waals surface area (Å²) in [5.74, 6) is 1.60. The second kappa shape index (κ2) is 12.6. The number of pyridine rings is 1. The summed E-state index contributed by atoms with van der Waals surface area (Å²) in [6.07, 6.45) is 4.40. The molecular weight excluding hydrogens is 488 g/mol. The van der Waals surface area contributed by atoms with Crippen molar-refractivity contribution in [3.8, 4) is 16.9 Å². The van der Waals surface area contributed by atoms with Gasteiger partial charge in [-0.05, 0) is 89.7 Å². The van der Waals surface area contributed by atoms with Crippen molar-refractivity contribution >= 4 is 28.5 Å². The number of anilines is 1. The normalized spacial score (nSPS) is 12.3. The number of rotatable bonds is 8. The van der Waals surface area contributed by atoms with Crippen molar-refractivity contribution in [3.05, 3.63) is 89.6 Å². The maximum Gasteiger partial charge on any atom is 0.337 e. The van der Waals surface area contributed by atoms with Crippen LogP contribution in [0.2, 0.25) is 0 Å². The van der Waals surface area contributed by atoms with Gasteiger partial charge < -0.3 is 9.47 Å². The van der Waals surface area contributed by atoms with Crippen molar-refractivity contribution in [1.29, 1.82) is 0 Å². The second-order valence-electron chi connectivity index (χ2n) is 9.57. The molecule has 0 radical (unpaired) electrons. The van der Waals surface area contributed by atoms with Crippen LogP contribution in [-0.2, 0) is 16.1 Å². The summed E-state index contributed by atoms with van der Waals surface area (Å²) >= 11 is 0. The molecular formula is C33H36N2O4. The van der Waals surface area contributed by atoms with Crippen LogP contribution in [0.1, 0.15) is 54.6 Å². The SMILES string of the molecule is CC.COC(=O)c1ccc2c(N(Cc3ccc(-c4ccc(OC)c(C)c4)cc3)C(=O)CC3CC3)nccc2c1. The molecule has 5 rings (SSSR count). The Hall–Kier alpha value is -4.19. The molecule has 1 amide bonds. The maximum absolute atomic E-state index is 13.4. The Bertz CT molecular complexity index is 1460. The number of ether oxygens (including phenoxy) is 2. The third-order valence-corrected chi connectivity index (χ3v) is 6.90. The number of fused-ring (bicyclic) bond motifs is 1. The van der Waals surface area contributed by atoms with E-state index in [1.54, 1.807) is 30.3 Å². The molecule has 0 N–H and O–H groups in total. The highest BCUT2D eigenvalue weighted by Crippen LogP contribution is 2.35. The summed E-state index contributed by atoms with van der Waals surface area (Å²) < 4.78 is 10.2. The van der Waals surface area contributed by atoms with Gasteiger partial charge in [0, 0.05) is 18.0 Å². The zero-order chi connectivity index (χ0) is 27.9. The highest BCUT2D eigenvalue weighted by atomic mass is 16.5. The van der Waals surface area contributed by atoms with Crippen LogP contribution in [0.4, 0.5) is 5.82 Å². The fraction of sp³-hybridized carbons (Fsp3) is 0.303. The molecule has 0 aliphatic heterocycles. The van der Waals surface area contributed by atoms with Gasteiger partial charge in [-0.3, -0.25) is 9.69 Å². The number of aryl methyl sites for hydroxylation is 1. The number of carbonyl (C=O) groups is 2. The van der Waals surface area contributed by atoms with Crippen LogP contribution in [0.25, 0.3) is 21.9 Å². The minimum Gasteiger partial charge on any atom is -0.496 e. The van der Waals surface area contributed by atoms with E-state index in [0.717, 1.165) is 51.6 Å². The van der Waals surface area contributed by atoms with Gasteiger partial charge >= 0.3 is 5.97 Å². The van der Waals surface area contributed by atoms with E-state index in [9.17, 15) is 9.59 Å². The van der Waals surface area contributed by atoms with Crippen molar-refractivity contribution < 1.29 is 19.1 Å². The molecule has 3 aromatic carbocycles. The molecule has 1 saturated carbocycles. The number of nitrogens with zero attached hydrogens (tertiary/aromatic N) is 2. The van der Waals surface area contributed by atoms with Crippen molar-refractivity contribution in [3.63, 3.8) is 0 Å². The Morgan fingerprint density at radius 3 is 2.28 bits per heavy atom. The quantitative estimate of drug-likeness (QED) is 0.225. The Labute approximate surface area is 230 Å². The van der Waals surface area contributed by atoms with Crippen LogP contribution in [0, 0.1) is 12.8 Å². The first-order valence-electron chi connectivity index (χ1n) is 13.5. The van der Waals surface area contributed by atoms with E-state index in [2.05, 4.69) is 41.4 Å². The number of methoxy groups -OCH3 is 2. The lowest BCUT2D eigenvalue weighted by Gasteiger charge is -2.24. The van der Waals surface area contributed by atoms with Crippen LogP contribution in [0.15, 0.2) is 72.9 Å². The molecule has 6 heteroatoms. The summed E-state index contributed by atoms with van der Waals surface area (Å²) in [6.45, 7) is 6.45. The highest BCUT2D eigenvalue weighted by Gasteiger charge is 2.29. The number of aromatic nitrogens is 1. The highest BCUT2D eigenvalue weighted by molar-refractivity contribution is 6.04. The standard InChI is InChI=1S/C31H30N2O4.C2H6/c1-20-16-24(11-13-28(20)36-2)23-8-6-22(7-9-23)19-33(29(34)17-21-4-5-21)30-27-12-10-26(31(35)37-3)18-25(27)14-15-32-30;1-2/h6-16,18,21H,4-5,17,19H2,1-3H3;1-2H3. The van der Waals surface area contributed by atoms with Crippen LogP contribution in [0.5, 0.6) is 5.75 Å². The molecule has 0 bridgehead atoms. The van der Waals surface area contributed by atoms with Gasteiger partial charge in [0.15, 0.2) is 0 Å². The largest absolute Gasteiger partial charge is 0.496 e. The molecule has 202 valence electrons. The van der Waals surface area contributed by atoms with Gasteiger partial charge in [-0.1, -0.05) is 44.2 Å². The van der Waals surface area contributed by atoms with E-state index in [0.29, 0.717) is 30.3 Å². The molecule has 0 unspecified atom stereocenters. The number of carbonyl (C=O) groups excluding carboxylic acids is 2. The number of amides is 1. The van der Waals surface area contributed by atoms with Gasteiger partial charge in [-0.15, -0.1) is 0 Å². The first kappa shape index (κ1) is 27.8. The van der Waals surface area contributed by atoms with Crippen LogP contribution >= 0.6 is 0 Å². The summed E-state index contributed by atoms with van der Waals surface area (Å²) in [5, 5.41) is 1.66. The number of hydrogen-bond acceptors (Lipinski definition) is 5. The topological polar surface area (TPSA) is 68.7 Å². The number of hydrogen-bond donors (Lipinski definition) is 0. The van der Waals surface area contributed by atoms with Crippen molar-refractivity contribution in [1.82, 2.24) is 4.98 Å². The lowest BCUT2D eigenvalue weighted by atomic mass is 10.0. The number of benzene rings is 3. The monoisotopic (exact) mass is 524 g/mol. The molecule has 0 spiro atoms. The van der Waals surface area contributed by atoms with E-state index in [1.165, 1.54) is 7.11 Å². The van der Waals surface area contributed by atoms with Gasteiger partial charge in [0.2, 0.25) is 5.91 Å². The molecule has 39 heavy (non-hydrogen) atoms. The van der Waals surface area contributed by atoms with E-state index >= 15 is 0 Å². The van der Waals surface area contributed by atoms with Gasteiger partial charge in [0.25, 0.3) is 0 Å². The first-order valence-corrected chi connectivity index (χ1v) is 13.5. The zero-order valence-electron chi connectivity index (χ0n) is 23.4. The summed E-state index contributed by atoms with van der Waals surface area (Å²) in [6, 6.07) is 21.6. The van der Waals surface area contributed by atoms with Gasteiger partial charge in [-0.2, -0.15) is 0 Å². The summed E-state index contributed by atoms with van der Waals surface area (Å²) in [7, 11) is 3.04. The average Bonchev–Trinajstić information content (AvgIpc) is 3.80. The van der Waals surface area contributed by atoms with E-state index in [-0.39, 0.29) is 5.91 Å². The lowest BCUT2D eigenvalue weighted by molar-refractivity contribution is -0.119. The fourth-order valence-electron chi connectivity index (χ4n) is 4.63. The molecule has 1 fully saturated rings. The van der Waals surface area contributed by atoms with Crippen molar-refractivity contribution in [2.75, 3.05) is 19.1 Å². The molecule has 1 aromatic heterocycles.